The van der Waals surface area contributed by atoms with Gasteiger partial charge in [0.2, 0.25) is 0 Å². The molecular weight excluding hydrogens is 202 g/mol. The number of aromatic amines is 1. The smallest absolute Gasteiger partial charge is 0.181 e. The van der Waals surface area contributed by atoms with E-state index in [9.17, 15) is 0 Å². The Kier molecular flexibility index (Phi) is 3.19. The lowest BCUT2D eigenvalue weighted by atomic mass is 10.2. The molecule has 1 aromatic heterocycles. The molecule has 1 heterocycles. The maximum atomic E-state index is 5.16. The number of nitrogens with one attached hydrogen (secondary N) is 1. The van der Waals surface area contributed by atoms with E-state index in [-0.39, 0.29) is 0 Å². The first-order valence-corrected chi connectivity index (χ1v) is 5.39. The molecule has 0 aliphatic rings. The molecule has 16 heavy (non-hydrogen) atoms. The summed E-state index contributed by atoms with van der Waals surface area (Å²) in [4.78, 5) is 4.42. The monoisotopic (exact) mass is 217 g/mol. The second-order valence-corrected chi connectivity index (χ2v) is 3.59. The molecule has 0 aliphatic heterocycles. The van der Waals surface area contributed by atoms with Crippen LogP contribution in [0.15, 0.2) is 24.3 Å². The third-order valence-electron chi connectivity index (χ3n) is 2.35. The summed E-state index contributed by atoms with van der Waals surface area (Å²) < 4.78 is 5.16. The van der Waals surface area contributed by atoms with E-state index in [0.717, 1.165) is 35.8 Å². The molecule has 84 valence electrons. The van der Waals surface area contributed by atoms with Gasteiger partial charge in [0, 0.05) is 12.0 Å². The highest BCUT2D eigenvalue weighted by molar-refractivity contribution is 5.57. The topological polar surface area (TPSA) is 50.8 Å². The number of aryl methyl sites for hydroxylation is 1. The normalized spacial score (nSPS) is 10.4. The van der Waals surface area contributed by atoms with Crippen LogP contribution < -0.4 is 4.74 Å². The van der Waals surface area contributed by atoms with Gasteiger partial charge in [0.25, 0.3) is 0 Å². The molecule has 0 atom stereocenters. The molecule has 2 aromatic rings. The van der Waals surface area contributed by atoms with Crippen molar-refractivity contribution >= 4 is 0 Å². The average Bonchev–Trinajstić information content (AvgIpc) is 2.78. The quantitative estimate of drug-likeness (QED) is 0.855. The molecule has 2 rings (SSSR count). The van der Waals surface area contributed by atoms with Crippen LogP contribution in [0.5, 0.6) is 5.75 Å². The van der Waals surface area contributed by atoms with Crippen molar-refractivity contribution in [3.8, 4) is 17.1 Å². The SMILES string of the molecule is CCCc1nc(-c2cccc(OC)c2)n[nH]1. The molecule has 0 saturated carbocycles. The van der Waals surface area contributed by atoms with Gasteiger partial charge in [-0.25, -0.2) is 4.98 Å². The van der Waals surface area contributed by atoms with Gasteiger partial charge in [0.05, 0.1) is 7.11 Å². The van der Waals surface area contributed by atoms with Crippen LogP contribution in [-0.2, 0) is 6.42 Å². The molecule has 0 bridgehead atoms. The number of aromatic nitrogens is 3. The predicted octanol–water partition coefficient (Wildman–Crippen LogP) is 2.43. The summed E-state index contributed by atoms with van der Waals surface area (Å²) >= 11 is 0. The maximum Gasteiger partial charge on any atom is 0.181 e. The van der Waals surface area contributed by atoms with Crippen molar-refractivity contribution in [3.05, 3.63) is 30.1 Å². The zero-order valence-corrected chi connectivity index (χ0v) is 9.53. The summed E-state index contributed by atoms with van der Waals surface area (Å²) in [5.74, 6) is 2.47. The van der Waals surface area contributed by atoms with Gasteiger partial charge in [-0.3, -0.25) is 5.10 Å². The zero-order chi connectivity index (χ0) is 11.4. The van der Waals surface area contributed by atoms with Gasteiger partial charge >= 0.3 is 0 Å². The number of methoxy groups -OCH3 is 1. The van der Waals surface area contributed by atoms with Crippen molar-refractivity contribution in [3.63, 3.8) is 0 Å². The highest BCUT2D eigenvalue weighted by Crippen LogP contribution is 2.20. The van der Waals surface area contributed by atoms with E-state index >= 15 is 0 Å². The third-order valence-corrected chi connectivity index (χ3v) is 2.35. The summed E-state index contributed by atoms with van der Waals surface area (Å²) in [6.07, 6.45) is 1.99. The lowest BCUT2D eigenvalue weighted by molar-refractivity contribution is 0.415. The second kappa shape index (κ2) is 4.79. The van der Waals surface area contributed by atoms with Gasteiger partial charge in [0.1, 0.15) is 11.6 Å². The van der Waals surface area contributed by atoms with Gasteiger partial charge in [-0.05, 0) is 18.6 Å². The van der Waals surface area contributed by atoms with Crippen LogP contribution in [0.2, 0.25) is 0 Å². The lowest BCUT2D eigenvalue weighted by Gasteiger charge is -2.00. The van der Waals surface area contributed by atoms with Gasteiger partial charge in [0.15, 0.2) is 5.82 Å². The maximum absolute atomic E-state index is 5.16. The second-order valence-electron chi connectivity index (χ2n) is 3.59. The molecule has 0 amide bonds. The highest BCUT2D eigenvalue weighted by Gasteiger charge is 2.05. The van der Waals surface area contributed by atoms with Crippen molar-refractivity contribution in [2.45, 2.75) is 19.8 Å². The van der Waals surface area contributed by atoms with Crippen LogP contribution >= 0.6 is 0 Å². The molecule has 0 spiro atoms. The number of ether oxygens (including phenoxy) is 1. The van der Waals surface area contributed by atoms with Crippen molar-refractivity contribution in [1.82, 2.24) is 15.2 Å². The van der Waals surface area contributed by atoms with Crippen LogP contribution in [-0.4, -0.2) is 22.3 Å². The fraction of sp³-hybridized carbons (Fsp3) is 0.333. The van der Waals surface area contributed by atoms with Crippen LogP contribution in [0.25, 0.3) is 11.4 Å². The number of rotatable bonds is 4. The predicted molar refractivity (Wildman–Crippen MR) is 62.4 cm³/mol. The summed E-state index contributed by atoms with van der Waals surface area (Å²) in [6, 6.07) is 7.74. The van der Waals surface area contributed by atoms with E-state index < -0.39 is 0 Å². The van der Waals surface area contributed by atoms with Gasteiger partial charge in [-0.15, -0.1) is 0 Å². The van der Waals surface area contributed by atoms with E-state index in [4.69, 9.17) is 4.74 Å². The molecule has 0 unspecified atom stereocenters. The van der Waals surface area contributed by atoms with E-state index in [1.165, 1.54) is 0 Å². The van der Waals surface area contributed by atoms with Crippen LogP contribution in [0.3, 0.4) is 0 Å². The largest absolute Gasteiger partial charge is 0.497 e. The van der Waals surface area contributed by atoms with Crippen LogP contribution in [0.1, 0.15) is 19.2 Å². The van der Waals surface area contributed by atoms with Gasteiger partial charge in [-0.1, -0.05) is 19.1 Å². The summed E-state index contributed by atoms with van der Waals surface area (Å²) in [6.45, 7) is 2.12. The molecule has 1 N–H and O–H groups in total. The first kappa shape index (κ1) is 10.7. The minimum absolute atomic E-state index is 0.724. The molecule has 4 nitrogen and oxygen atoms in total. The minimum Gasteiger partial charge on any atom is -0.497 e. The molecule has 1 aromatic carbocycles. The fourth-order valence-electron chi connectivity index (χ4n) is 1.54. The lowest BCUT2D eigenvalue weighted by Crippen LogP contribution is -1.86. The molecule has 0 radical (unpaired) electrons. The molecule has 0 fully saturated rings. The number of hydrogen-bond donors (Lipinski definition) is 1. The van der Waals surface area contributed by atoms with E-state index in [1.54, 1.807) is 7.11 Å². The van der Waals surface area contributed by atoms with Crippen LogP contribution in [0, 0.1) is 0 Å². The Morgan fingerprint density at radius 3 is 3.00 bits per heavy atom. The minimum atomic E-state index is 0.724. The first-order chi connectivity index (χ1) is 7.83. The Morgan fingerprint density at radius 2 is 2.25 bits per heavy atom. The third kappa shape index (κ3) is 2.21. The summed E-state index contributed by atoms with van der Waals surface area (Å²) in [5, 5.41) is 7.13. The van der Waals surface area contributed by atoms with E-state index in [0.29, 0.717) is 0 Å². The van der Waals surface area contributed by atoms with Gasteiger partial charge < -0.3 is 4.74 Å². The Balaban J connectivity index is 2.27. The van der Waals surface area contributed by atoms with Crippen molar-refractivity contribution in [2.24, 2.45) is 0 Å². The Labute approximate surface area is 94.7 Å². The molecule has 4 heteroatoms. The zero-order valence-electron chi connectivity index (χ0n) is 9.53. The summed E-state index contributed by atoms with van der Waals surface area (Å²) in [5.41, 5.74) is 0.970. The van der Waals surface area contributed by atoms with Crippen molar-refractivity contribution in [1.29, 1.82) is 0 Å². The molecule has 0 aliphatic carbocycles. The van der Waals surface area contributed by atoms with E-state index in [2.05, 4.69) is 22.1 Å². The summed E-state index contributed by atoms with van der Waals surface area (Å²) in [7, 11) is 1.65. The molecule has 0 saturated heterocycles. The number of hydrogen-bond acceptors (Lipinski definition) is 3. The standard InChI is InChI=1S/C12H15N3O/c1-3-5-11-13-12(15-14-11)9-6-4-7-10(8-9)16-2/h4,6-8H,3,5H2,1-2H3,(H,13,14,15). The number of benzene rings is 1. The molecular formula is C12H15N3O. The Bertz CT molecular complexity index is 465. The Hall–Kier alpha value is -1.84. The first-order valence-electron chi connectivity index (χ1n) is 5.39. The van der Waals surface area contributed by atoms with Crippen molar-refractivity contribution < 1.29 is 4.74 Å². The van der Waals surface area contributed by atoms with Crippen LogP contribution in [0.4, 0.5) is 0 Å². The van der Waals surface area contributed by atoms with Crippen molar-refractivity contribution in [2.75, 3.05) is 7.11 Å². The fourth-order valence-corrected chi connectivity index (χ4v) is 1.54. The van der Waals surface area contributed by atoms with E-state index in [1.807, 2.05) is 24.3 Å². The number of nitrogens with zero attached hydrogens (tertiary/aromatic N) is 2. The number of H-pyrrole nitrogens is 1. The average molecular weight is 217 g/mol. The Morgan fingerprint density at radius 1 is 1.38 bits per heavy atom. The van der Waals surface area contributed by atoms with Gasteiger partial charge in [-0.2, -0.15) is 5.10 Å². The highest BCUT2D eigenvalue weighted by atomic mass is 16.5.